The van der Waals surface area contributed by atoms with E-state index in [0.29, 0.717) is 5.75 Å². The Balaban J connectivity index is 2.35. The maximum absolute atomic E-state index is 11.3. The monoisotopic (exact) mass is 261 g/mol. The SMILES string of the molecule is CC(=O)c1ccc(Oc2cnn(C)c2)cc1[N+](=O)[O-]. The normalized spacial score (nSPS) is 10.2. The van der Waals surface area contributed by atoms with Crippen molar-refractivity contribution in [3.8, 4) is 11.5 Å². The van der Waals surface area contributed by atoms with Gasteiger partial charge in [-0.25, -0.2) is 0 Å². The van der Waals surface area contributed by atoms with Crippen molar-refractivity contribution >= 4 is 11.5 Å². The summed E-state index contributed by atoms with van der Waals surface area (Å²) in [4.78, 5) is 21.6. The molecule has 0 N–H and O–H groups in total. The molecule has 0 saturated carbocycles. The van der Waals surface area contributed by atoms with Gasteiger partial charge in [0.15, 0.2) is 11.5 Å². The molecule has 0 aliphatic rings. The fourth-order valence-electron chi connectivity index (χ4n) is 1.61. The highest BCUT2D eigenvalue weighted by Gasteiger charge is 2.18. The Morgan fingerprint density at radius 3 is 2.68 bits per heavy atom. The smallest absolute Gasteiger partial charge is 0.283 e. The van der Waals surface area contributed by atoms with Crippen LogP contribution >= 0.6 is 0 Å². The molecule has 0 atom stereocenters. The van der Waals surface area contributed by atoms with E-state index in [1.165, 1.54) is 31.3 Å². The van der Waals surface area contributed by atoms with Crippen molar-refractivity contribution in [2.75, 3.05) is 0 Å². The summed E-state index contributed by atoms with van der Waals surface area (Å²) in [5, 5.41) is 14.8. The highest BCUT2D eigenvalue weighted by molar-refractivity contribution is 5.98. The summed E-state index contributed by atoms with van der Waals surface area (Å²) in [5.41, 5.74) is -0.211. The quantitative estimate of drug-likeness (QED) is 0.479. The van der Waals surface area contributed by atoms with Crippen molar-refractivity contribution in [2.45, 2.75) is 6.92 Å². The second-order valence-corrected chi connectivity index (χ2v) is 3.94. The van der Waals surface area contributed by atoms with E-state index in [0.717, 1.165) is 0 Å². The van der Waals surface area contributed by atoms with E-state index in [4.69, 9.17) is 4.74 Å². The molecule has 0 fully saturated rings. The second-order valence-electron chi connectivity index (χ2n) is 3.94. The van der Waals surface area contributed by atoms with Gasteiger partial charge in [-0.2, -0.15) is 5.10 Å². The molecule has 2 aromatic rings. The van der Waals surface area contributed by atoms with Gasteiger partial charge in [0.25, 0.3) is 5.69 Å². The number of nitrogens with zero attached hydrogens (tertiary/aromatic N) is 3. The minimum Gasteiger partial charge on any atom is -0.454 e. The van der Waals surface area contributed by atoms with Gasteiger partial charge in [0, 0.05) is 7.05 Å². The van der Waals surface area contributed by atoms with Crippen LogP contribution in [0.1, 0.15) is 17.3 Å². The highest BCUT2D eigenvalue weighted by atomic mass is 16.6. The zero-order valence-electron chi connectivity index (χ0n) is 10.4. The molecule has 1 aromatic carbocycles. The average molecular weight is 261 g/mol. The molecule has 1 aromatic heterocycles. The molecule has 0 spiro atoms. The maximum Gasteiger partial charge on any atom is 0.283 e. The first-order valence-electron chi connectivity index (χ1n) is 5.43. The summed E-state index contributed by atoms with van der Waals surface area (Å²) in [7, 11) is 1.73. The van der Waals surface area contributed by atoms with Crippen molar-refractivity contribution < 1.29 is 14.5 Å². The summed E-state index contributed by atoms with van der Waals surface area (Å²) < 4.78 is 6.97. The van der Waals surface area contributed by atoms with Gasteiger partial charge in [-0.3, -0.25) is 19.6 Å². The predicted octanol–water partition coefficient (Wildman–Crippen LogP) is 2.32. The topological polar surface area (TPSA) is 87.3 Å². The third kappa shape index (κ3) is 2.76. The lowest BCUT2D eigenvalue weighted by Crippen LogP contribution is -2.00. The van der Waals surface area contributed by atoms with Crippen molar-refractivity contribution in [3.05, 3.63) is 46.3 Å². The van der Waals surface area contributed by atoms with Crippen LogP contribution in [0.25, 0.3) is 0 Å². The Labute approximate surface area is 108 Å². The molecule has 0 amide bonds. The number of hydrogen-bond donors (Lipinski definition) is 0. The second kappa shape index (κ2) is 4.89. The van der Waals surface area contributed by atoms with Gasteiger partial charge < -0.3 is 4.74 Å². The zero-order chi connectivity index (χ0) is 14.0. The number of nitro groups is 1. The van der Waals surface area contributed by atoms with E-state index < -0.39 is 4.92 Å². The van der Waals surface area contributed by atoms with Gasteiger partial charge >= 0.3 is 0 Å². The first-order valence-corrected chi connectivity index (χ1v) is 5.43. The van der Waals surface area contributed by atoms with Gasteiger partial charge in [-0.05, 0) is 19.1 Å². The Morgan fingerprint density at radius 1 is 1.42 bits per heavy atom. The molecule has 98 valence electrons. The Morgan fingerprint density at radius 2 is 2.16 bits per heavy atom. The van der Waals surface area contributed by atoms with Gasteiger partial charge in [0.1, 0.15) is 5.75 Å². The van der Waals surface area contributed by atoms with Crippen LogP contribution in [-0.4, -0.2) is 20.5 Å². The maximum atomic E-state index is 11.3. The van der Waals surface area contributed by atoms with Crippen molar-refractivity contribution in [2.24, 2.45) is 7.05 Å². The van der Waals surface area contributed by atoms with Gasteiger partial charge in [0.2, 0.25) is 0 Å². The summed E-state index contributed by atoms with van der Waals surface area (Å²) in [5.74, 6) is 0.386. The number of hydrogen-bond acceptors (Lipinski definition) is 5. The molecule has 0 unspecified atom stereocenters. The van der Waals surface area contributed by atoms with Crippen LogP contribution in [-0.2, 0) is 7.05 Å². The molecule has 19 heavy (non-hydrogen) atoms. The van der Waals surface area contributed by atoms with E-state index >= 15 is 0 Å². The molecular formula is C12H11N3O4. The van der Waals surface area contributed by atoms with Crippen molar-refractivity contribution in [1.82, 2.24) is 9.78 Å². The number of Topliss-reactive ketones (excluding diaryl/α,β-unsaturated/α-hetero) is 1. The number of aromatic nitrogens is 2. The van der Waals surface area contributed by atoms with Crippen LogP contribution in [0.3, 0.4) is 0 Å². The molecule has 0 radical (unpaired) electrons. The molecule has 0 saturated heterocycles. The van der Waals surface area contributed by atoms with Crippen LogP contribution in [0.2, 0.25) is 0 Å². The van der Waals surface area contributed by atoms with Gasteiger partial charge in [0.05, 0.1) is 28.9 Å². The fourth-order valence-corrected chi connectivity index (χ4v) is 1.61. The standard InChI is InChI=1S/C12H11N3O4/c1-8(16)11-4-3-9(5-12(11)15(17)18)19-10-6-13-14(2)7-10/h3-7H,1-2H3. The third-order valence-corrected chi connectivity index (χ3v) is 2.46. The van der Waals surface area contributed by atoms with Gasteiger partial charge in [-0.1, -0.05) is 0 Å². The number of ether oxygens (including phenoxy) is 1. The molecular weight excluding hydrogens is 250 g/mol. The zero-order valence-corrected chi connectivity index (χ0v) is 10.4. The summed E-state index contributed by atoms with van der Waals surface area (Å²) in [6, 6.07) is 4.12. The van der Waals surface area contributed by atoms with Crippen molar-refractivity contribution in [3.63, 3.8) is 0 Å². The van der Waals surface area contributed by atoms with E-state index in [9.17, 15) is 14.9 Å². The Kier molecular flexibility index (Phi) is 3.28. The van der Waals surface area contributed by atoms with Crippen LogP contribution in [0.5, 0.6) is 11.5 Å². The van der Waals surface area contributed by atoms with E-state index in [2.05, 4.69) is 5.10 Å². The minimum absolute atomic E-state index is 0.0588. The van der Waals surface area contributed by atoms with Crippen molar-refractivity contribution in [1.29, 1.82) is 0 Å². The number of carbonyl (C=O) groups excluding carboxylic acids is 1. The number of benzene rings is 1. The Hall–Kier alpha value is -2.70. The molecule has 7 heteroatoms. The molecule has 0 bridgehead atoms. The minimum atomic E-state index is -0.604. The third-order valence-electron chi connectivity index (χ3n) is 2.46. The van der Waals surface area contributed by atoms with Gasteiger partial charge in [-0.15, -0.1) is 0 Å². The molecule has 0 aliphatic carbocycles. The first-order chi connectivity index (χ1) is 8.97. The average Bonchev–Trinajstić information content (AvgIpc) is 2.74. The summed E-state index contributed by atoms with van der Waals surface area (Å²) in [6.07, 6.45) is 3.12. The van der Waals surface area contributed by atoms with Crippen LogP contribution < -0.4 is 4.74 Å². The Bertz CT molecular complexity index is 648. The molecule has 2 rings (SSSR count). The lowest BCUT2D eigenvalue weighted by atomic mass is 10.1. The number of rotatable bonds is 4. The van der Waals surface area contributed by atoms with E-state index in [1.54, 1.807) is 17.9 Å². The van der Waals surface area contributed by atoms with Crippen LogP contribution in [0.4, 0.5) is 5.69 Å². The van der Waals surface area contributed by atoms with E-state index in [1.807, 2.05) is 0 Å². The number of nitro benzene ring substituents is 1. The fraction of sp³-hybridized carbons (Fsp3) is 0.167. The number of ketones is 1. The lowest BCUT2D eigenvalue weighted by Gasteiger charge is -2.04. The molecule has 7 nitrogen and oxygen atoms in total. The predicted molar refractivity (Wildman–Crippen MR) is 66.4 cm³/mol. The van der Waals surface area contributed by atoms with E-state index in [-0.39, 0.29) is 22.8 Å². The van der Waals surface area contributed by atoms with Crippen LogP contribution in [0.15, 0.2) is 30.6 Å². The largest absolute Gasteiger partial charge is 0.454 e. The number of carbonyl (C=O) groups is 1. The highest BCUT2D eigenvalue weighted by Crippen LogP contribution is 2.28. The summed E-state index contributed by atoms with van der Waals surface area (Å²) >= 11 is 0. The molecule has 1 heterocycles. The lowest BCUT2D eigenvalue weighted by molar-refractivity contribution is -0.385. The van der Waals surface area contributed by atoms with Crippen LogP contribution in [0, 0.1) is 10.1 Å². The number of aryl methyl sites for hydroxylation is 1. The summed E-state index contributed by atoms with van der Waals surface area (Å²) in [6.45, 7) is 1.28. The first kappa shape index (κ1) is 12.7. The molecule has 0 aliphatic heterocycles.